The minimum Gasteiger partial charge on any atom is -0.480 e. The Labute approximate surface area is 92.3 Å². The zero-order valence-corrected chi connectivity index (χ0v) is 8.53. The molecular formula is C12H11N2O2. The number of aromatic nitrogens is 1. The van der Waals surface area contributed by atoms with Crippen LogP contribution in [0.25, 0.3) is 10.9 Å². The average Bonchev–Trinajstić information content (AvgIpc) is 2.66. The maximum atomic E-state index is 10.9. The van der Waals surface area contributed by atoms with Gasteiger partial charge in [0.2, 0.25) is 0 Å². The summed E-state index contributed by atoms with van der Waals surface area (Å²) in [5, 5.41) is 13.0. The summed E-state index contributed by atoms with van der Waals surface area (Å²) in [6, 6.07) is 7.42. The van der Waals surface area contributed by atoms with Crippen molar-refractivity contribution in [2.75, 3.05) is 0 Å². The monoisotopic (exact) mass is 215 g/mol. The largest absolute Gasteiger partial charge is 0.480 e. The first-order valence-corrected chi connectivity index (χ1v) is 5.17. The molecule has 0 amide bonds. The van der Waals surface area contributed by atoms with Crippen molar-refractivity contribution in [3.8, 4) is 0 Å². The first-order chi connectivity index (χ1) is 7.75. The molecular weight excluding hydrogens is 204 g/mol. The third-order valence-corrected chi connectivity index (χ3v) is 2.98. The number of carbonyl (C=O) groups is 1. The molecule has 1 aliphatic heterocycles. The lowest BCUT2D eigenvalue weighted by atomic mass is 9.99. The number of fused-ring (bicyclic) bond motifs is 3. The predicted octanol–water partition coefficient (Wildman–Crippen LogP) is 1.28. The van der Waals surface area contributed by atoms with E-state index in [0.29, 0.717) is 6.42 Å². The fourth-order valence-electron chi connectivity index (χ4n) is 2.17. The first kappa shape index (κ1) is 9.42. The van der Waals surface area contributed by atoms with Crippen LogP contribution in [-0.4, -0.2) is 22.1 Å². The van der Waals surface area contributed by atoms with Gasteiger partial charge in [0, 0.05) is 23.0 Å². The summed E-state index contributed by atoms with van der Waals surface area (Å²) < 4.78 is 0. The van der Waals surface area contributed by atoms with Crippen LogP contribution in [0, 0.1) is 6.54 Å². The molecule has 0 bridgehead atoms. The molecule has 0 unspecified atom stereocenters. The molecule has 0 aliphatic carbocycles. The van der Waals surface area contributed by atoms with Gasteiger partial charge >= 0.3 is 5.97 Å². The van der Waals surface area contributed by atoms with Gasteiger partial charge in [-0.05, 0) is 11.6 Å². The van der Waals surface area contributed by atoms with Crippen LogP contribution < -0.4 is 5.32 Å². The zero-order valence-electron chi connectivity index (χ0n) is 8.53. The molecule has 2 aromatic rings. The standard InChI is InChI=1S/C12H11N2O2/c15-12(16)10-5-8-7-3-1-2-4-9(7)14-11(8)6-13-10/h1-4,6,10,13-14H,5H2,(H,15,16)/t10-/m0/s1. The van der Waals surface area contributed by atoms with E-state index in [1.807, 2.05) is 24.3 Å². The zero-order chi connectivity index (χ0) is 11.1. The van der Waals surface area contributed by atoms with E-state index in [-0.39, 0.29) is 0 Å². The van der Waals surface area contributed by atoms with E-state index in [2.05, 4.69) is 10.3 Å². The molecule has 2 heterocycles. The average molecular weight is 215 g/mol. The van der Waals surface area contributed by atoms with Gasteiger partial charge in [0.25, 0.3) is 0 Å². The van der Waals surface area contributed by atoms with Crippen molar-refractivity contribution in [3.05, 3.63) is 42.1 Å². The van der Waals surface area contributed by atoms with Gasteiger partial charge in [0.15, 0.2) is 0 Å². The smallest absolute Gasteiger partial charge is 0.321 e. The minimum absolute atomic E-state index is 0.519. The van der Waals surface area contributed by atoms with Crippen LogP contribution in [0.1, 0.15) is 11.3 Å². The Bertz CT molecular complexity index is 559. The number of carboxylic acid groups (broad SMARTS) is 1. The van der Waals surface area contributed by atoms with Crippen LogP contribution >= 0.6 is 0 Å². The van der Waals surface area contributed by atoms with Crippen molar-refractivity contribution in [1.82, 2.24) is 10.3 Å². The van der Waals surface area contributed by atoms with Crippen molar-refractivity contribution in [3.63, 3.8) is 0 Å². The number of benzene rings is 1. The Hall–Kier alpha value is -1.81. The number of carboxylic acids is 1. The second-order valence-electron chi connectivity index (χ2n) is 3.97. The topological polar surface area (TPSA) is 65.1 Å². The number of aromatic amines is 1. The molecule has 1 aromatic carbocycles. The molecule has 1 atom stereocenters. The lowest BCUT2D eigenvalue weighted by Gasteiger charge is -2.19. The number of nitrogens with one attached hydrogen (secondary N) is 2. The molecule has 1 aliphatic rings. The maximum absolute atomic E-state index is 10.9. The molecule has 81 valence electrons. The third-order valence-electron chi connectivity index (χ3n) is 2.98. The number of aliphatic carboxylic acids is 1. The van der Waals surface area contributed by atoms with Gasteiger partial charge in [-0.15, -0.1) is 0 Å². The fraction of sp³-hybridized carbons (Fsp3) is 0.167. The number of hydrogen-bond acceptors (Lipinski definition) is 2. The normalized spacial score (nSPS) is 19.6. The summed E-state index contributed by atoms with van der Waals surface area (Å²) in [4.78, 5) is 14.2. The van der Waals surface area contributed by atoms with Crippen LogP contribution in [-0.2, 0) is 11.2 Å². The summed E-state index contributed by atoms with van der Waals surface area (Å²) in [6.07, 6.45) is 0.519. The van der Waals surface area contributed by atoms with Gasteiger partial charge in [-0.3, -0.25) is 10.1 Å². The first-order valence-electron chi connectivity index (χ1n) is 5.17. The van der Waals surface area contributed by atoms with Gasteiger partial charge in [0.05, 0.1) is 6.54 Å². The van der Waals surface area contributed by atoms with Crippen LogP contribution in [0.4, 0.5) is 0 Å². The van der Waals surface area contributed by atoms with E-state index in [0.717, 1.165) is 22.2 Å². The summed E-state index contributed by atoms with van der Waals surface area (Å²) >= 11 is 0. The Morgan fingerprint density at radius 1 is 1.38 bits per heavy atom. The molecule has 1 radical (unpaired) electrons. The van der Waals surface area contributed by atoms with Gasteiger partial charge < -0.3 is 10.1 Å². The highest BCUT2D eigenvalue weighted by Crippen LogP contribution is 2.26. The summed E-state index contributed by atoms with van der Waals surface area (Å²) in [6.45, 7) is 1.75. The van der Waals surface area contributed by atoms with Crippen LogP contribution in [0.2, 0.25) is 0 Å². The highest BCUT2D eigenvalue weighted by molar-refractivity contribution is 5.87. The fourth-order valence-corrected chi connectivity index (χ4v) is 2.17. The van der Waals surface area contributed by atoms with Gasteiger partial charge in [0.1, 0.15) is 6.04 Å². The summed E-state index contributed by atoms with van der Waals surface area (Å²) in [5.41, 5.74) is 3.12. The molecule has 16 heavy (non-hydrogen) atoms. The second kappa shape index (κ2) is 3.35. The number of rotatable bonds is 1. The molecule has 0 fully saturated rings. The van der Waals surface area contributed by atoms with Crippen molar-refractivity contribution in [1.29, 1.82) is 0 Å². The van der Waals surface area contributed by atoms with Gasteiger partial charge in [-0.25, -0.2) is 0 Å². The quantitative estimate of drug-likeness (QED) is 0.671. The predicted molar refractivity (Wildman–Crippen MR) is 60.0 cm³/mol. The van der Waals surface area contributed by atoms with E-state index in [4.69, 9.17) is 5.11 Å². The van der Waals surface area contributed by atoms with E-state index in [1.165, 1.54) is 0 Å². The highest BCUT2D eigenvalue weighted by Gasteiger charge is 2.26. The van der Waals surface area contributed by atoms with E-state index >= 15 is 0 Å². The van der Waals surface area contributed by atoms with Gasteiger partial charge in [-0.2, -0.15) is 0 Å². The van der Waals surface area contributed by atoms with Crippen LogP contribution in [0.3, 0.4) is 0 Å². The molecule has 0 spiro atoms. The molecule has 4 nitrogen and oxygen atoms in total. The Morgan fingerprint density at radius 2 is 2.19 bits per heavy atom. The molecule has 0 saturated carbocycles. The summed E-state index contributed by atoms with van der Waals surface area (Å²) in [7, 11) is 0. The summed E-state index contributed by atoms with van der Waals surface area (Å²) in [5.74, 6) is -0.813. The van der Waals surface area contributed by atoms with E-state index in [9.17, 15) is 4.79 Å². The van der Waals surface area contributed by atoms with Gasteiger partial charge in [-0.1, -0.05) is 18.2 Å². The van der Waals surface area contributed by atoms with Crippen LogP contribution in [0.5, 0.6) is 0 Å². The lowest BCUT2D eigenvalue weighted by Crippen LogP contribution is -2.40. The Morgan fingerprint density at radius 3 is 3.00 bits per heavy atom. The van der Waals surface area contributed by atoms with Crippen molar-refractivity contribution < 1.29 is 9.90 Å². The molecule has 1 aromatic heterocycles. The Balaban J connectivity index is 2.11. The molecule has 3 N–H and O–H groups in total. The highest BCUT2D eigenvalue weighted by atomic mass is 16.4. The minimum atomic E-state index is -0.813. The van der Waals surface area contributed by atoms with Crippen molar-refractivity contribution in [2.24, 2.45) is 0 Å². The SMILES string of the molecule is O=C(O)[C@@H]1Cc2c([nH]c3ccccc23)[CH]N1. The lowest BCUT2D eigenvalue weighted by molar-refractivity contribution is -0.139. The molecule has 0 saturated heterocycles. The van der Waals surface area contributed by atoms with Crippen LogP contribution in [0.15, 0.2) is 24.3 Å². The van der Waals surface area contributed by atoms with Crippen molar-refractivity contribution >= 4 is 16.9 Å². The van der Waals surface area contributed by atoms with E-state index < -0.39 is 12.0 Å². The number of hydrogen-bond donors (Lipinski definition) is 3. The van der Waals surface area contributed by atoms with Crippen molar-refractivity contribution in [2.45, 2.75) is 12.5 Å². The number of H-pyrrole nitrogens is 1. The maximum Gasteiger partial charge on any atom is 0.321 e. The Kier molecular flexibility index (Phi) is 1.97. The third kappa shape index (κ3) is 1.31. The number of para-hydroxylation sites is 1. The van der Waals surface area contributed by atoms with E-state index in [1.54, 1.807) is 6.54 Å². The molecule has 4 heteroatoms. The molecule has 3 rings (SSSR count). The second-order valence-corrected chi connectivity index (χ2v) is 3.97.